The van der Waals surface area contributed by atoms with Gasteiger partial charge in [0.1, 0.15) is 5.76 Å². The standard InChI is InChI=1S/C13H19N3O4/c1-16(9-2-3-9)7-6-14-13(19)15-8-10-4-5-11(20-10)12(17)18/h4-5,9H,2-3,6-8H2,1H3,(H,17,18)(H2,14,15,19). The summed E-state index contributed by atoms with van der Waals surface area (Å²) in [6.45, 7) is 1.57. The van der Waals surface area contributed by atoms with Crippen molar-refractivity contribution in [2.75, 3.05) is 20.1 Å². The van der Waals surface area contributed by atoms with Crippen LogP contribution in [0.3, 0.4) is 0 Å². The van der Waals surface area contributed by atoms with Crippen molar-refractivity contribution in [2.45, 2.75) is 25.4 Å². The van der Waals surface area contributed by atoms with Crippen molar-refractivity contribution in [2.24, 2.45) is 0 Å². The van der Waals surface area contributed by atoms with Gasteiger partial charge in [-0.2, -0.15) is 0 Å². The second kappa shape index (κ2) is 6.42. The predicted molar refractivity (Wildman–Crippen MR) is 71.6 cm³/mol. The number of nitrogens with one attached hydrogen (secondary N) is 2. The van der Waals surface area contributed by atoms with Crippen molar-refractivity contribution >= 4 is 12.0 Å². The van der Waals surface area contributed by atoms with Gasteiger partial charge in [-0.15, -0.1) is 0 Å². The number of carbonyl (C=O) groups excluding carboxylic acids is 1. The number of hydrogen-bond acceptors (Lipinski definition) is 4. The summed E-state index contributed by atoms with van der Waals surface area (Å²) in [5, 5.41) is 14.1. The molecule has 1 fully saturated rings. The molecule has 2 rings (SSSR count). The summed E-state index contributed by atoms with van der Waals surface area (Å²) in [5.74, 6) is -0.843. The first-order valence-electron chi connectivity index (χ1n) is 6.60. The number of aromatic carboxylic acids is 1. The highest BCUT2D eigenvalue weighted by molar-refractivity contribution is 5.84. The Bertz CT molecular complexity index is 482. The van der Waals surface area contributed by atoms with Crippen molar-refractivity contribution in [1.82, 2.24) is 15.5 Å². The van der Waals surface area contributed by atoms with Gasteiger partial charge in [-0.25, -0.2) is 9.59 Å². The van der Waals surface area contributed by atoms with E-state index < -0.39 is 5.97 Å². The average Bonchev–Trinajstić information content (AvgIpc) is 3.14. The number of rotatable bonds is 7. The molecule has 0 unspecified atom stereocenters. The topological polar surface area (TPSA) is 94.8 Å². The van der Waals surface area contributed by atoms with Gasteiger partial charge in [-0.3, -0.25) is 0 Å². The second-order valence-electron chi connectivity index (χ2n) is 4.89. The molecule has 1 saturated carbocycles. The van der Waals surface area contributed by atoms with E-state index in [1.807, 2.05) is 7.05 Å². The third kappa shape index (κ3) is 4.27. The van der Waals surface area contributed by atoms with E-state index in [1.165, 1.54) is 25.0 Å². The maximum absolute atomic E-state index is 11.5. The Kier molecular flexibility index (Phi) is 4.62. The molecule has 0 radical (unpaired) electrons. The van der Waals surface area contributed by atoms with Gasteiger partial charge in [0, 0.05) is 19.1 Å². The van der Waals surface area contributed by atoms with Crippen LogP contribution in [-0.2, 0) is 6.54 Å². The maximum Gasteiger partial charge on any atom is 0.371 e. The molecular formula is C13H19N3O4. The lowest BCUT2D eigenvalue weighted by atomic mass is 10.4. The highest BCUT2D eigenvalue weighted by atomic mass is 16.4. The van der Waals surface area contributed by atoms with Gasteiger partial charge in [0.25, 0.3) is 0 Å². The summed E-state index contributed by atoms with van der Waals surface area (Å²) >= 11 is 0. The monoisotopic (exact) mass is 281 g/mol. The number of carbonyl (C=O) groups is 2. The molecule has 20 heavy (non-hydrogen) atoms. The summed E-state index contributed by atoms with van der Waals surface area (Å²) in [4.78, 5) is 24.4. The van der Waals surface area contributed by atoms with E-state index in [0.29, 0.717) is 18.3 Å². The van der Waals surface area contributed by atoms with Crippen LogP contribution in [0.4, 0.5) is 4.79 Å². The Morgan fingerprint density at radius 1 is 1.40 bits per heavy atom. The first-order chi connectivity index (χ1) is 9.56. The van der Waals surface area contributed by atoms with E-state index in [-0.39, 0.29) is 18.3 Å². The van der Waals surface area contributed by atoms with Gasteiger partial charge in [-0.05, 0) is 32.0 Å². The lowest BCUT2D eigenvalue weighted by molar-refractivity contribution is 0.0660. The number of furan rings is 1. The van der Waals surface area contributed by atoms with Gasteiger partial charge in [0.05, 0.1) is 6.54 Å². The lowest BCUT2D eigenvalue weighted by Gasteiger charge is -2.15. The molecule has 0 saturated heterocycles. The quantitative estimate of drug-likeness (QED) is 0.689. The van der Waals surface area contributed by atoms with Crippen LogP contribution in [0.2, 0.25) is 0 Å². The van der Waals surface area contributed by atoms with E-state index in [4.69, 9.17) is 9.52 Å². The summed E-state index contributed by atoms with van der Waals surface area (Å²) in [7, 11) is 2.05. The van der Waals surface area contributed by atoms with Crippen LogP contribution >= 0.6 is 0 Å². The van der Waals surface area contributed by atoms with Crippen LogP contribution < -0.4 is 10.6 Å². The lowest BCUT2D eigenvalue weighted by Crippen LogP contribution is -2.39. The molecule has 1 aromatic rings. The zero-order valence-electron chi connectivity index (χ0n) is 11.4. The smallest absolute Gasteiger partial charge is 0.371 e. The van der Waals surface area contributed by atoms with E-state index in [2.05, 4.69) is 15.5 Å². The fraction of sp³-hybridized carbons (Fsp3) is 0.538. The minimum atomic E-state index is -1.12. The first kappa shape index (κ1) is 14.4. The van der Waals surface area contributed by atoms with Crippen LogP contribution in [0.1, 0.15) is 29.2 Å². The summed E-state index contributed by atoms with van der Waals surface area (Å²) in [6, 6.07) is 3.28. The molecule has 110 valence electrons. The minimum Gasteiger partial charge on any atom is -0.475 e. The molecule has 7 nitrogen and oxygen atoms in total. The number of carboxylic acid groups (broad SMARTS) is 1. The van der Waals surface area contributed by atoms with Gasteiger partial charge in [0.15, 0.2) is 0 Å². The van der Waals surface area contributed by atoms with Gasteiger partial charge >= 0.3 is 12.0 Å². The Labute approximate surface area is 116 Å². The molecule has 0 atom stereocenters. The molecule has 0 bridgehead atoms. The largest absolute Gasteiger partial charge is 0.475 e. The number of likely N-dealkylation sites (N-methyl/N-ethyl adjacent to an activating group) is 1. The molecule has 1 aromatic heterocycles. The van der Waals surface area contributed by atoms with E-state index in [1.54, 1.807) is 0 Å². The SMILES string of the molecule is CN(CCNC(=O)NCc1ccc(C(=O)O)o1)C1CC1. The second-order valence-corrected chi connectivity index (χ2v) is 4.89. The van der Waals surface area contributed by atoms with E-state index >= 15 is 0 Å². The van der Waals surface area contributed by atoms with Gasteiger partial charge in [-0.1, -0.05) is 0 Å². The van der Waals surface area contributed by atoms with Crippen molar-refractivity contribution in [3.8, 4) is 0 Å². The van der Waals surface area contributed by atoms with Crippen LogP contribution in [0.5, 0.6) is 0 Å². The van der Waals surface area contributed by atoms with Crippen molar-refractivity contribution in [3.63, 3.8) is 0 Å². The van der Waals surface area contributed by atoms with Crippen molar-refractivity contribution < 1.29 is 19.1 Å². The van der Waals surface area contributed by atoms with E-state index in [0.717, 1.165) is 6.54 Å². The number of amides is 2. The van der Waals surface area contributed by atoms with Crippen LogP contribution in [0.25, 0.3) is 0 Å². The van der Waals surface area contributed by atoms with Crippen LogP contribution in [0, 0.1) is 0 Å². The van der Waals surface area contributed by atoms with Crippen molar-refractivity contribution in [1.29, 1.82) is 0 Å². The Hall–Kier alpha value is -2.02. The summed E-state index contributed by atoms with van der Waals surface area (Å²) in [5.41, 5.74) is 0. The van der Waals surface area contributed by atoms with Crippen LogP contribution in [0.15, 0.2) is 16.5 Å². The van der Waals surface area contributed by atoms with Gasteiger partial charge < -0.3 is 25.1 Å². The number of urea groups is 1. The van der Waals surface area contributed by atoms with Gasteiger partial charge in [0.2, 0.25) is 5.76 Å². The zero-order valence-corrected chi connectivity index (χ0v) is 11.4. The highest BCUT2D eigenvalue weighted by Gasteiger charge is 2.25. The molecule has 1 heterocycles. The van der Waals surface area contributed by atoms with Crippen LogP contribution in [-0.4, -0.2) is 48.2 Å². The normalized spacial score (nSPS) is 14.3. The fourth-order valence-electron chi connectivity index (χ4n) is 1.86. The minimum absolute atomic E-state index is 0.131. The molecule has 7 heteroatoms. The zero-order chi connectivity index (χ0) is 14.5. The Morgan fingerprint density at radius 2 is 2.15 bits per heavy atom. The Morgan fingerprint density at radius 3 is 2.75 bits per heavy atom. The summed E-state index contributed by atoms with van der Waals surface area (Å²) < 4.78 is 5.03. The molecular weight excluding hydrogens is 262 g/mol. The summed E-state index contributed by atoms with van der Waals surface area (Å²) in [6.07, 6.45) is 2.49. The number of nitrogens with zero attached hydrogens (tertiary/aromatic N) is 1. The predicted octanol–water partition coefficient (Wildman–Crippen LogP) is 0.871. The maximum atomic E-state index is 11.5. The average molecular weight is 281 g/mol. The molecule has 0 aliphatic heterocycles. The third-order valence-corrected chi connectivity index (χ3v) is 3.22. The molecule has 0 spiro atoms. The third-order valence-electron chi connectivity index (χ3n) is 3.22. The van der Waals surface area contributed by atoms with Crippen molar-refractivity contribution in [3.05, 3.63) is 23.7 Å². The first-order valence-corrected chi connectivity index (χ1v) is 6.60. The molecule has 3 N–H and O–H groups in total. The highest BCUT2D eigenvalue weighted by Crippen LogP contribution is 2.24. The molecule has 0 aromatic carbocycles. The molecule has 2 amide bonds. The molecule has 1 aliphatic rings. The Balaban J connectivity index is 1.62. The number of hydrogen-bond donors (Lipinski definition) is 3. The molecule has 1 aliphatic carbocycles. The fourth-order valence-corrected chi connectivity index (χ4v) is 1.86. The number of carboxylic acids is 1. The van der Waals surface area contributed by atoms with E-state index in [9.17, 15) is 9.59 Å².